The molecule has 1 amide bonds. The number of amides is 1. The number of hydrogen-bond donors (Lipinski definition) is 0. The number of hydrogen-bond acceptors (Lipinski definition) is 7. The lowest BCUT2D eigenvalue weighted by molar-refractivity contribution is 0.0588. The number of carbonyl (C=O) groups is 1. The Morgan fingerprint density at radius 2 is 1.82 bits per heavy atom. The Morgan fingerprint density at radius 3 is 2.46 bits per heavy atom. The van der Waals surface area contributed by atoms with Crippen molar-refractivity contribution in [2.45, 2.75) is 64.2 Å². The lowest BCUT2D eigenvalue weighted by Crippen LogP contribution is -2.34. The number of pyridine rings is 1. The van der Waals surface area contributed by atoms with Gasteiger partial charge in [0.05, 0.1) is 11.7 Å². The fraction of sp³-hybridized carbons (Fsp3) is 0.464. The first-order valence-corrected chi connectivity index (χ1v) is 13.2. The number of nitrogens with zero attached hydrogens (tertiary/aromatic N) is 7. The van der Waals surface area contributed by atoms with Crippen LogP contribution in [-0.2, 0) is 18.8 Å². The van der Waals surface area contributed by atoms with Crippen LogP contribution in [0.15, 0.2) is 47.8 Å². The van der Waals surface area contributed by atoms with Crippen LogP contribution in [0.5, 0.6) is 5.88 Å². The average molecular weight is 534 g/mol. The van der Waals surface area contributed by atoms with Crippen molar-refractivity contribution in [1.29, 1.82) is 0 Å². The smallest absolute Gasteiger partial charge is 0.415 e. The Bertz CT molecular complexity index is 1550. The van der Waals surface area contributed by atoms with Gasteiger partial charge in [-0.2, -0.15) is 5.10 Å². The third kappa shape index (κ3) is 5.67. The highest BCUT2D eigenvalue weighted by molar-refractivity contribution is 5.98. The van der Waals surface area contributed by atoms with Crippen molar-refractivity contribution in [2.75, 3.05) is 11.9 Å². The zero-order valence-electron chi connectivity index (χ0n) is 23.3. The highest BCUT2D eigenvalue weighted by Gasteiger charge is 2.27. The molecule has 0 bridgehead atoms. The zero-order valence-corrected chi connectivity index (χ0v) is 23.3. The van der Waals surface area contributed by atoms with Crippen LogP contribution in [0.25, 0.3) is 22.0 Å². The van der Waals surface area contributed by atoms with Crippen LogP contribution in [0.3, 0.4) is 0 Å². The van der Waals surface area contributed by atoms with Gasteiger partial charge in [0, 0.05) is 80.5 Å². The summed E-state index contributed by atoms with van der Waals surface area (Å²) in [6.07, 6.45) is 10.9. The fourth-order valence-electron chi connectivity index (χ4n) is 4.99. The van der Waals surface area contributed by atoms with E-state index in [4.69, 9.17) is 9.47 Å². The summed E-state index contributed by atoms with van der Waals surface area (Å²) in [5.74, 6) is 0.985. The number of rotatable bonds is 5. The van der Waals surface area contributed by atoms with E-state index >= 15 is 0 Å². The third-order valence-corrected chi connectivity index (χ3v) is 6.99. The molecule has 39 heavy (non-hydrogen) atoms. The average Bonchev–Trinajstić information content (AvgIpc) is 3.48. The largest absolute Gasteiger partial charge is 0.473 e. The maximum absolute atomic E-state index is 12.7. The van der Waals surface area contributed by atoms with E-state index in [1.165, 1.54) is 15.6 Å². The molecule has 4 heterocycles. The Kier molecular flexibility index (Phi) is 6.92. The standard InChI is InChI=1S/C28H35N7O4/c1-28(2,3)39-27(37)33(5)24-13-23-21(15-29-24)22(18-14-30-32(4)16-18)17-35(23)19-7-9-20(10-8-19)38-25-11-12-26(36)34(6)31-25/h11-17,19-20H,7-10H2,1-6H3. The third-order valence-electron chi connectivity index (χ3n) is 6.99. The van der Waals surface area contributed by atoms with E-state index in [0.29, 0.717) is 11.7 Å². The van der Waals surface area contributed by atoms with E-state index < -0.39 is 11.7 Å². The van der Waals surface area contributed by atoms with Crippen LogP contribution in [0.4, 0.5) is 10.6 Å². The summed E-state index contributed by atoms with van der Waals surface area (Å²) in [4.78, 5) is 30.4. The molecule has 5 rings (SSSR count). The first kappa shape index (κ1) is 26.5. The second-order valence-electron chi connectivity index (χ2n) is 11.1. The molecule has 4 aromatic rings. The van der Waals surface area contributed by atoms with Crippen LogP contribution in [0, 0.1) is 0 Å². The summed E-state index contributed by atoms with van der Waals surface area (Å²) in [6.45, 7) is 5.53. The molecule has 0 unspecified atom stereocenters. The summed E-state index contributed by atoms with van der Waals surface area (Å²) >= 11 is 0. The van der Waals surface area contributed by atoms with Gasteiger partial charge in [0.25, 0.3) is 5.56 Å². The van der Waals surface area contributed by atoms with Gasteiger partial charge >= 0.3 is 6.09 Å². The summed E-state index contributed by atoms with van der Waals surface area (Å²) in [7, 11) is 5.19. The summed E-state index contributed by atoms with van der Waals surface area (Å²) < 4.78 is 17.0. The maximum atomic E-state index is 12.7. The van der Waals surface area contributed by atoms with Crippen LogP contribution in [-0.4, -0.2) is 54.0 Å². The molecule has 1 aliphatic carbocycles. The first-order chi connectivity index (χ1) is 18.5. The number of carbonyl (C=O) groups excluding carboxylic acids is 1. The zero-order chi connectivity index (χ0) is 27.9. The highest BCUT2D eigenvalue weighted by atomic mass is 16.6. The highest BCUT2D eigenvalue weighted by Crippen LogP contribution is 2.38. The Hall–Kier alpha value is -4.15. The maximum Gasteiger partial charge on any atom is 0.415 e. The second-order valence-corrected chi connectivity index (χ2v) is 11.1. The van der Waals surface area contributed by atoms with Gasteiger partial charge in [-0.1, -0.05) is 0 Å². The Labute approximate surface area is 227 Å². The van der Waals surface area contributed by atoms with Crippen molar-refractivity contribution in [3.63, 3.8) is 0 Å². The lowest BCUT2D eigenvalue weighted by Gasteiger charge is -2.30. The molecule has 0 aromatic carbocycles. The molecule has 0 spiro atoms. The molecule has 4 aromatic heterocycles. The van der Waals surface area contributed by atoms with Crippen molar-refractivity contribution >= 4 is 22.8 Å². The predicted octanol–water partition coefficient (Wildman–Crippen LogP) is 4.46. The molecule has 1 fully saturated rings. The van der Waals surface area contributed by atoms with E-state index in [9.17, 15) is 9.59 Å². The first-order valence-electron chi connectivity index (χ1n) is 13.2. The molecule has 11 heteroatoms. The van der Waals surface area contributed by atoms with Gasteiger partial charge in [0.15, 0.2) is 0 Å². The van der Waals surface area contributed by atoms with E-state index in [1.807, 2.05) is 52.5 Å². The van der Waals surface area contributed by atoms with E-state index in [-0.39, 0.29) is 17.7 Å². The summed E-state index contributed by atoms with van der Waals surface area (Å²) in [6, 6.07) is 5.30. The van der Waals surface area contributed by atoms with E-state index in [1.54, 1.807) is 24.8 Å². The van der Waals surface area contributed by atoms with Crippen LogP contribution in [0.1, 0.15) is 52.5 Å². The minimum Gasteiger partial charge on any atom is -0.473 e. The number of anilines is 1. The van der Waals surface area contributed by atoms with Gasteiger partial charge in [0.1, 0.15) is 17.5 Å². The molecule has 0 atom stereocenters. The van der Waals surface area contributed by atoms with Gasteiger partial charge in [-0.3, -0.25) is 14.4 Å². The van der Waals surface area contributed by atoms with Gasteiger partial charge in [0.2, 0.25) is 5.88 Å². The van der Waals surface area contributed by atoms with Crippen LogP contribution >= 0.6 is 0 Å². The van der Waals surface area contributed by atoms with Crippen molar-refractivity contribution in [1.82, 2.24) is 29.1 Å². The minimum absolute atomic E-state index is 0.0291. The van der Waals surface area contributed by atoms with Gasteiger partial charge < -0.3 is 14.0 Å². The topological polar surface area (TPSA) is 109 Å². The van der Waals surface area contributed by atoms with E-state index in [0.717, 1.165) is 47.7 Å². The van der Waals surface area contributed by atoms with Gasteiger partial charge in [-0.05, 0) is 46.5 Å². The van der Waals surface area contributed by atoms with E-state index in [2.05, 4.69) is 25.9 Å². The normalized spacial score (nSPS) is 17.8. The number of aromatic nitrogens is 6. The molecular weight excluding hydrogens is 498 g/mol. The van der Waals surface area contributed by atoms with Crippen molar-refractivity contribution in [2.24, 2.45) is 14.1 Å². The number of ether oxygens (including phenoxy) is 2. The molecule has 11 nitrogen and oxygen atoms in total. The molecular formula is C28H35N7O4. The molecule has 1 saturated carbocycles. The Balaban J connectivity index is 1.43. The number of aryl methyl sites for hydroxylation is 2. The van der Waals surface area contributed by atoms with Crippen molar-refractivity contribution in [3.05, 3.63) is 53.3 Å². The van der Waals surface area contributed by atoms with Gasteiger partial charge in [-0.15, -0.1) is 5.10 Å². The Morgan fingerprint density at radius 1 is 1.08 bits per heavy atom. The molecule has 0 radical (unpaired) electrons. The molecule has 0 saturated heterocycles. The van der Waals surface area contributed by atoms with Gasteiger partial charge in [-0.25, -0.2) is 14.5 Å². The minimum atomic E-state index is -0.603. The molecule has 206 valence electrons. The SMILES string of the molecule is CN(C(=O)OC(C)(C)C)c1cc2c(cn1)c(-c1cnn(C)c1)cn2C1CCC(Oc2ccc(=O)n(C)n2)CC1. The lowest BCUT2D eigenvalue weighted by atomic mass is 9.92. The fourth-order valence-corrected chi connectivity index (χ4v) is 4.99. The quantitative estimate of drug-likeness (QED) is 0.372. The van der Waals surface area contributed by atoms with Crippen molar-refractivity contribution in [3.8, 4) is 17.0 Å². The van der Waals surface area contributed by atoms with Crippen molar-refractivity contribution < 1.29 is 14.3 Å². The summed E-state index contributed by atoms with van der Waals surface area (Å²) in [5, 5.41) is 9.56. The summed E-state index contributed by atoms with van der Waals surface area (Å²) in [5.41, 5.74) is 2.28. The molecule has 0 aliphatic heterocycles. The monoisotopic (exact) mass is 533 g/mol. The predicted molar refractivity (Wildman–Crippen MR) is 148 cm³/mol. The number of fused-ring (bicyclic) bond motifs is 1. The van der Waals surface area contributed by atoms with Crippen LogP contribution < -0.4 is 15.2 Å². The molecule has 1 aliphatic rings. The second kappa shape index (κ2) is 10.2. The van der Waals surface area contributed by atoms with Crippen LogP contribution in [0.2, 0.25) is 0 Å². The molecule has 0 N–H and O–H groups in total.